The summed E-state index contributed by atoms with van der Waals surface area (Å²) in [7, 11) is 0. The summed E-state index contributed by atoms with van der Waals surface area (Å²) in [5.74, 6) is -0.207. The molecular weight excluding hydrogens is 270 g/mol. The van der Waals surface area contributed by atoms with Crippen molar-refractivity contribution in [3.63, 3.8) is 0 Å². The number of carbonyl (C=O) groups excluding carboxylic acids is 2. The van der Waals surface area contributed by atoms with Gasteiger partial charge >= 0.3 is 6.03 Å². The number of ether oxygens (including phenoxy) is 1. The van der Waals surface area contributed by atoms with E-state index in [4.69, 9.17) is 4.74 Å². The normalized spacial score (nSPS) is 9.95. The lowest BCUT2D eigenvalue weighted by Gasteiger charge is -2.08. The van der Waals surface area contributed by atoms with E-state index in [0.717, 1.165) is 12.0 Å². The SMILES string of the molecule is CCOCCCNC(=O)CNC(=O)NCc1ccccc1. The van der Waals surface area contributed by atoms with Gasteiger partial charge in [-0.2, -0.15) is 0 Å². The number of amides is 3. The molecule has 0 saturated heterocycles. The predicted octanol–water partition coefficient (Wildman–Crippen LogP) is 1.03. The third-order valence-corrected chi connectivity index (χ3v) is 2.70. The first-order valence-electron chi connectivity index (χ1n) is 7.12. The number of urea groups is 1. The molecule has 1 aromatic rings. The van der Waals surface area contributed by atoms with Crippen molar-refractivity contribution in [1.82, 2.24) is 16.0 Å². The van der Waals surface area contributed by atoms with Crippen molar-refractivity contribution < 1.29 is 14.3 Å². The van der Waals surface area contributed by atoms with Crippen LogP contribution in [0.25, 0.3) is 0 Å². The smallest absolute Gasteiger partial charge is 0.315 e. The van der Waals surface area contributed by atoms with Gasteiger partial charge in [0.1, 0.15) is 0 Å². The van der Waals surface area contributed by atoms with Crippen LogP contribution in [0.1, 0.15) is 18.9 Å². The van der Waals surface area contributed by atoms with Crippen molar-refractivity contribution in [3.05, 3.63) is 35.9 Å². The highest BCUT2D eigenvalue weighted by molar-refractivity contribution is 5.83. The fraction of sp³-hybridized carbons (Fsp3) is 0.467. The summed E-state index contributed by atoms with van der Waals surface area (Å²) in [5.41, 5.74) is 1.01. The summed E-state index contributed by atoms with van der Waals surface area (Å²) in [5, 5.41) is 7.91. The second-order valence-electron chi connectivity index (χ2n) is 4.42. The quantitative estimate of drug-likeness (QED) is 0.595. The van der Waals surface area contributed by atoms with Crippen LogP contribution in [-0.2, 0) is 16.1 Å². The fourth-order valence-electron chi connectivity index (χ4n) is 1.61. The van der Waals surface area contributed by atoms with E-state index in [9.17, 15) is 9.59 Å². The molecule has 0 heterocycles. The van der Waals surface area contributed by atoms with Gasteiger partial charge in [-0.25, -0.2) is 4.79 Å². The maximum Gasteiger partial charge on any atom is 0.315 e. The zero-order valence-electron chi connectivity index (χ0n) is 12.4. The van der Waals surface area contributed by atoms with Gasteiger partial charge < -0.3 is 20.7 Å². The number of rotatable bonds is 9. The molecule has 3 amide bonds. The summed E-state index contributed by atoms with van der Waals surface area (Å²) in [6.45, 7) is 4.18. The van der Waals surface area contributed by atoms with E-state index in [1.807, 2.05) is 37.3 Å². The van der Waals surface area contributed by atoms with Gasteiger partial charge in [0, 0.05) is 26.3 Å². The zero-order chi connectivity index (χ0) is 15.3. The average molecular weight is 293 g/mol. The molecule has 0 fully saturated rings. The summed E-state index contributed by atoms with van der Waals surface area (Å²) < 4.78 is 5.16. The van der Waals surface area contributed by atoms with Crippen LogP contribution < -0.4 is 16.0 Å². The van der Waals surface area contributed by atoms with Gasteiger partial charge in [0.05, 0.1) is 6.54 Å². The molecule has 0 unspecified atom stereocenters. The molecule has 6 heteroatoms. The second kappa shape index (κ2) is 10.7. The monoisotopic (exact) mass is 293 g/mol. The number of hydrogen-bond donors (Lipinski definition) is 3. The molecule has 0 aliphatic carbocycles. The molecular formula is C15H23N3O3. The van der Waals surface area contributed by atoms with Crippen LogP contribution in [0.2, 0.25) is 0 Å². The van der Waals surface area contributed by atoms with E-state index in [1.165, 1.54) is 0 Å². The van der Waals surface area contributed by atoms with Gasteiger partial charge in [0.2, 0.25) is 5.91 Å². The highest BCUT2D eigenvalue weighted by Crippen LogP contribution is 1.96. The highest BCUT2D eigenvalue weighted by Gasteiger charge is 2.04. The number of nitrogens with one attached hydrogen (secondary N) is 3. The van der Waals surface area contributed by atoms with Crippen molar-refractivity contribution in [1.29, 1.82) is 0 Å². The first-order chi connectivity index (χ1) is 10.2. The first kappa shape index (κ1) is 17.0. The Morgan fingerprint density at radius 1 is 1.10 bits per heavy atom. The molecule has 21 heavy (non-hydrogen) atoms. The largest absolute Gasteiger partial charge is 0.382 e. The Morgan fingerprint density at radius 2 is 1.86 bits per heavy atom. The molecule has 0 aromatic heterocycles. The Hall–Kier alpha value is -2.08. The van der Waals surface area contributed by atoms with E-state index in [0.29, 0.717) is 26.3 Å². The van der Waals surface area contributed by atoms with Gasteiger partial charge in [-0.3, -0.25) is 4.79 Å². The molecule has 0 spiro atoms. The molecule has 0 aliphatic heterocycles. The third kappa shape index (κ3) is 8.65. The van der Waals surface area contributed by atoms with Crippen molar-refractivity contribution in [2.24, 2.45) is 0 Å². The van der Waals surface area contributed by atoms with E-state index in [2.05, 4.69) is 16.0 Å². The average Bonchev–Trinajstić information content (AvgIpc) is 2.51. The Kier molecular flexibility index (Phi) is 8.63. The molecule has 0 radical (unpaired) electrons. The molecule has 6 nitrogen and oxygen atoms in total. The maximum absolute atomic E-state index is 11.5. The minimum Gasteiger partial charge on any atom is -0.382 e. The van der Waals surface area contributed by atoms with Crippen LogP contribution in [0.4, 0.5) is 4.79 Å². The highest BCUT2D eigenvalue weighted by atomic mass is 16.5. The van der Waals surface area contributed by atoms with E-state index in [1.54, 1.807) is 0 Å². The minimum absolute atomic E-state index is 0.0325. The molecule has 1 rings (SSSR count). The summed E-state index contributed by atoms with van der Waals surface area (Å²) in [6, 6.07) is 9.22. The lowest BCUT2D eigenvalue weighted by molar-refractivity contribution is -0.120. The Balaban J connectivity index is 2.05. The number of hydrogen-bond acceptors (Lipinski definition) is 3. The topological polar surface area (TPSA) is 79.5 Å². The Bertz CT molecular complexity index is 423. The fourth-order valence-corrected chi connectivity index (χ4v) is 1.61. The summed E-state index contributed by atoms with van der Waals surface area (Å²) in [4.78, 5) is 23.0. The zero-order valence-corrected chi connectivity index (χ0v) is 12.4. The van der Waals surface area contributed by atoms with Gasteiger partial charge in [-0.05, 0) is 18.9 Å². The minimum atomic E-state index is -0.358. The molecule has 0 bridgehead atoms. The number of carbonyl (C=O) groups is 2. The molecule has 116 valence electrons. The van der Waals surface area contributed by atoms with Gasteiger partial charge in [-0.1, -0.05) is 30.3 Å². The van der Waals surface area contributed by atoms with Crippen molar-refractivity contribution in [2.75, 3.05) is 26.3 Å². The van der Waals surface area contributed by atoms with E-state index in [-0.39, 0.29) is 18.5 Å². The predicted molar refractivity (Wildman–Crippen MR) is 80.8 cm³/mol. The van der Waals surface area contributed by atoms with Crippen LogP contribution in [0.5, 0.6) is 0 Å². The van der Waals surface area contributed by atoms with Crippen LogP contribution in [0.3, 0.4) is 0 Å². The number of benzene rings is 1. The standard InChI is InChI=1S/C15H23N3O3/c1-2-21-10-6-9-16-14(19)12-18-15(20)17-11-13-7-4-3-5-8-13/h3-5,7-8H,2,6,9-12H2,1H3,(H,16,19)(H2,17,18,20). The Morgan fingerprint density at radius 3 is 2.57 bits per heavy atom. The van der Waals surface area contributed by atoms with Crippen molar-refractivity contribution in [3.8, 4) is 0 Å². The summed E-state index contributed by atoms with van der Waals surface area (Å²) in [6.07, 6.45) is 0.764. The van der Waals surface area contributed by atoms with Crippen LogP contribution in [-0.4, -0.2) is 38.2 Å². The lowest BCUT2D eigenvalue weighted by Crippen LogP contribution is -2.42. The van der Waals surface area contributed by atoms with E-state index < -0.39 is 0 Å². The van der Waals surface area contributed by atoms with Crippen LogP contribution in [0, 0.1) is 0 Å². The van der Waals surface area contributed by atoms with Gasteiger partial charge in [0.25, 0.3) is 0 Å². The molecule has 0 saturated carbocycles. The Labute approximate surface area is 125 Å². The van der Waals surface area contributed by atoms with Crippen molar-refractivity contribution >= 4 is 11.9 Å². The lowest BCUT2D eigenvalue weighted by atomic mass is 10.2. The first-order valence-corrected chi connectivity index (χ1v) is 7.12. The van der Waals surface area contributed by atoms with Gasteiger partial charge in [0.15, 0.2) is 0 Å². The van der Waals surface area contributed by atoms with Crippen molar-refractivity contribution in [2.45, 2.75) is 19.9 Å². The summed E-state index contributed by atoms with van der Waals surface area (Å²) >= 11 is 0. The van der Waals surface area contributed by atoms with Gasteiger partial charge in [-0.15, -0.1) is 0 Å². The molecule has 1 aromatic carbocycles. The molecule has 0 atom stereocenters. The van der Waals surface area contributed by atoms with E-state index >= 15 is 0 Å². The van der Waals surface area contributed by atoms with Crippen LogP contribution >= 0.6 is 0 Å². The second-order valence-corrected chi connectivity index (χ2v) is 4.42. The molecule has 0 aliphatic rings. The third-order valence-electron chi connectivity index (χ3n) is 2.70. The van der Waals surface area contributed by atoms with Crippen LogP contribution in [0.15, 0.2) is 30.3 Å². The maximum atomic E-state index is 11.5. The molecule has 3 N–H and O–H groups in total.